The minimum absolute atomic E-state index is 0.618. The van der Waals surface area contributed by atoms with Gasteiger partial charge < -0.3 is 10.2 Å². The van der Waals surface area contributed by atoms with Crippen molar-refractivity contribution in [2.24, 2.45) is 5.92 Å². The molecule has 4 heteroatoms. The minimum atomic E-state index is 0.618. The van der Waals surface area contributed by atoms with Gasteiger partial charge in [-0.3, -0.25) is 0 Å². The Labute approximate surface area is 96.1 Å². The molecular formula is C12H18N4. The number of hydrogen-bond donors (Lipinski definition) is 1. The maximum Gasteiger partial charge on any atom is 0.225 e. The normalized spacial score (nSPS) is 28.4. The van der Waals surface area contributed by atoms with Crippen LogP contribution in [-0.4, -0.2) is 35.6 Å². The Morgan fingerprint density at radius 2 is 2.44 bits per heavy atom. The molecule has 2 aliphatic heterocycles. The molecular weight excluding hydrogens is 200 g/mol. The summed E-state index contributed by atoms with van der Waals surface area (Å²) >= 11 is 0. The van der Waals surface area contributed by atoms with E-state index in [1.807, 2.05) is 12.3 Å². The van der Waals surface area contributed by atoms with Crippen LogP contribution in [0.4, 0.5) is 5.95 Å². The second-order valence-electron chi connectivity index (χ2n) is 4.67. The Hall–Kier alpha value is -1.16. The van der Waals surface area contributed by atoms with Crippen LogP contribution in [0.2, 0.25) is 0 Å². The highest BCUT2D eigenvalue weighted by Crippen LogP contribution is 2.29. The number of nitrogens with one attached hydrogen (secondary N) is 1. The Balaban J connectivity index is 1.86. The molecule has 2 atom stereocenters. The average Bonchev–Trinajstić information content (AvgIpc) is 2.90. The fraction of sp³-hybridized carbons (Fsp3) is 0.667. The molecule has 3 rings (SSSR count). The molecule has 0 aliphatic carbocycles. The molecule has 0 radical (unpaired) electrons. The lowest BCUT2D eigenvalue weighted by Crippen LogP contribution is -2.35. The minimum Gasteiger partial charge on any atom is -0.336 e. The number of anilines is 1. The van der Waals surface area contributed by atoms with Crippen LogP contribution in [0.25, 0.3) is 0 Å². The maximum absolute atomic E-state index is 4.62. The Morgan fingerprint density at radius 1 is 1.50 bits per heavy atom. The number of aromatic nitrogens is 2. The van der Waals surface area contributed by atoms with E-state index in [4.69, 9.17) is 0 Å². The van der Waals surface area contributed by atoms with Gasteiger partial charge in [0.05, 0.1) is 0 Å². The highest BCUT2D eigenvalue weighted by molar-refractivity contribution is 5.35. The SMILES string of the molecule is CCc1ccnc(N2CC[C@H]3CNC[C@H]32)n1. The molecule has 86 valence electrons. The van der Waals surface area contributed by atoms with Gasteiger partial charge in [0.2, 0.25) is 5.95 Å². The molecule has 16 heavy (non-hydrogen) atoms. The molecule has 2 aliphatic rings. The Morgan fingerprint density at radius 3 is 3.31 bits per heavy atom. The number of aryl methyl sites for hydroxylation is 1. The van der Waals surface area contributed by atoms with Crippen molar-refractivity contribution in [3.8, 4) is 0 Å². The van der Waals surface area contributed by atoms with Crippen molar-refractivity contribution in [3.05, 3.63) is 18.0 Å². The molecule has 0 spiro atoms. The molecule has 1 aromatic heterocycles. The van der Waals surface area contributed by atoms with E-state index < -0.39 is 0 Å². The topological polar surface area (TPSA) is 41.1 Å². The predicted molar refractivity (Wildman–Crippen MR) is 63.5 cm³/mol. The Bertz CT molecular complexity index is 379. The molecule has 2 fully saturated rings. The second kappa shape index (κ2) is 4.01. The van der Waals surface area contributed by atoms with Crippen LogP contribution in [0.15, 0.2) is 12.3 Å². The van der Waals surface area contributed by atoms with Gasteiger partial charge >= 0.3 is 0 Å². The van der Waals surface area contributed by atoms with Crippen molar-refractivity contribution in [2.75, 3.05) is 24.5 Å². The number of rotatable bonds is 2. The third kappa shape index (κ3) is 1.57. The van der Waals surface area contributed by atoms with Gasteiger partial charge in [0.25, 0.3) is 0 Å². The first-order valence-electron chi connectivity index (χ1n) is 6.17. The number of nitrogens with zero attached hydrogens (tertiary/aromatic N) is 3. The van der Waals surface area contributed by atoms with Gasteiger partial charge in [-0.2, -0.15) is 0 Å². The summed E-state index contributed by atoms with van der Waals surface area (Å²) in [5.41, 5.74) is 1.14. The van der Waals surface area contributed by atoms with Crippen molar-refractivity contribution in [1.29, 1.82) is 0 Å². The summed E-state index contributed by atoms with van der Waals surface area (Å²) in [7, 11) is 0. The van der Waals surface area contributed by atoms with Crippen molar-refractivity contribution in [2.45, 2.75) is 25.8 Å². The zero-order chi connectivity index (χ0) is 11.0. The molecule has 0 aromatic carbocycles. The van der Waals surface area contributed by atoms with Crippen molar-refractivity contribution >= 4 is 5.95 Å². The molecule has 0 bridgehead atoms. The fourth-order valence-electron chi connectivity index (χ4n) is 2.82. The first-order valence-corrected chi connectivity index (χ1v) is 6.17. The van der Waals surface area contributed by atoms with E-state index >= 15 is 0 Å². The van der Waals surface area contributed by atoms with Gasteiger partial charge in [0, 0.05) is 37.6 Å². The zero-order valence-electron chi connectivity index (χ0n) is 9.69. The maximum atomic E-state index is 4.62. The van der Waals surface area contributed by atoms with Gasteiger partial charge in [-0.15, -0.1) is 0 Å². The molecule has 0 unspecified atom stereocenters. The van der Waals surface area contributed by atoms with Crippen molar-refractivity contribution in [1.82, 2.24) is 15.3 Å². The highest BCUT2D eigenvalue weighted by Gasteiger charge is 2.38. The third-order valence-electron chi connectivity index (χ3n) is 3.76. The third-order valence-corrected chi connectivity index (χ3v) is 3.76. The van der Waals surface area contributed by atoms with Crippen LogP contribution in [-0.2, 0) is 6.42 Å². The lowest BCUT2D eigenvalue weighted by atomic mass is 10.1. The van der Waals surface area contributed by atoms with E-state index in [1.165, 1.54) is 6.42 Å². The van der Waals surface area contributed by atoms with E-state index in [1.54, 1.807) is 0 Å². The van der Waals surface area contributed by atoms with Crippen molar-refractivity contribution in [3.63, 3.8) is 0 Å². The standard InChI is InChI=1S/C12H18N4/c1-2-10-3-5-14-12(15-10)16-6-4-9-7-13-8-11(9)16/h3,5,9,11,13H,2,4,6-8H2,1H3/t9-,11+/m0/s1. The van der Waals surface area contributed by atoms with Crippen LogP contribution in [0.3, 0.4) is 0 Å². The fourth-order valence-corrected chi connectivity index (χ4v) is 2.82. The molecule has 4 nitrogen and oxygen atoms in total. The average molecular weight is 218 g/mol. The molecule has 0 saturated carbocycles. The van der Waals surface area contributed by atoms with Crippen LogP contribution in [0.1, 0.15) is 19.0 Å². The predicted octanol–water partition coefficient (Wildman–Crippen LogP) is 0.837. The first kappa shape index (κ1) is 10.0. The summed E-state index contributed by atoms with van der Waals surface area (Å²) < 4.78 is 0. The van der Waals surface area contributed by atoms with E-state index in [-0.39, 0.29) is 0 Å². The summed E-state index contributed by atoms with van der Waals surface area (Å²) in [6, 6.07) is 2.62. The van der Waals surface area contributed by atoms with Crippen LogP contribution in [0, 0.1) is 5.92 Å². The summed E-state index contributed by atoms with van der Waals surface area (Å²) in [5, 5.41) is 3.46. The molecule has 1 aromatic rings. The smallest absolute Gasteiger partial charge is 0.225 e. The monoisotopic (exact) mass is 218 g/mol. The summed E-state index contributed by atoms with van der Waals surface area (Å²) in [6.07, 6.45) is 4.14. The van der Waals surface area contributed by atoms with Crippen LogP contribution >= 0.6 is 0 Å². The van der Waals surface area contributed by atoms with Gasteiger partial charge in [-0.25, -0.2) is 9.97 Å². The van der Waals surface area contributed by atoms with Crippen molar-refractivity contribution < 1.29 is 0 Å². The van der Waals surface area contributed by atoms with Crippen LogP contribution < -0.4 is 10.2 Å². The quantitative estimate of drug-likeness (QED) is 0.798. The van der Waals surface area contributed by atoms with Gasteiger partial charge in [0.1, 0.15) is 0 Å². The molecule has 3 heterocycles. The number of fused-ring (bicyclic) bond motifs is 1. The number of hydrogen-bond acceptors (Lipinski definition) is 4. The van der Waals surface area contributed by atoms with E-state index in [2.05, 4.69) is 27.1 Å². The largest absolute Gasteiger partial charge is 0.336 e. The lowest BCUT2D eigenvalue weighted by molar-refractivity contribution is 0.575. The lowest BCUT2D eigenvalue weighted by Gasteiger charge is -2.23. The Kier molecular flexibility index (Phi) is 2.52. The van der Waals surface area contributed by atoms with Crippen LogP contribution in [0.5, 0.6) is 0 Å². The van der Waals surface area contributed by atoms with Gasteiger partial charge in [0.15, 0.2) is 0 Å². The van der Waals surface area contributed by atoms with E-state index in [9.17, 15) is 0 Å². The molecule has 2 saturated heterocycles. The summed E-state index contributed by atoms with van der Waals surface area (Å²) in [6.45, 7) is 5.50. The summed E-state index contributed by atoms with van der Waals surface area (Å²) in [5.74, 6) is 1.73. The van der Waals surface area contributed by atoms with Gasteiger partial charge in [-0.1, -0.05) is 6.92 Å². The highest BCUT2D eigenvalue weighted by atomic mass is 15.3. The van der Waals surface area contributed by atoms with E-state index in [0.29, 0.717) is 6.04 Å². The molecule has 1 N–H and O–H groups in total. The van der Waals surface area contributed by atoms with E-state index in [0.717, 1.165) is 43.6 Å². The van der Waals surface area contributed by atoms with Gasteiger partial charge in [-0.05, 0) is 24.8 Å². The molecule has 0 amide bonds. The summed E-state index contributed by atoms with van der Waals surface area (Å²) in [4.78, 5) is 11.4. The second-order valence-corrected chi connectivity index (χ2v) is 4.67. The zero-order valence-corrected chi connectivity index (χ0v) is 9.69. The first-order chi connectivity index (χ1) is 7.88.